The maximum atomic E-state index is 12.6. The Hall–Kier alpha value is -1.61. The second-order valence-corrected chi connectivity index (χ2v) is 11.0. The van der Waals surface area contributed by atoms with Crippen molar-refractivity contribution in [3.05, 3.63) is 40.7 Å². The third-order valence-corrected chi connectivity index (χ3v) is 8.50. The van der Waals surface area contributed by atoms with Gasteiger partial charge in [-0.05, 0) is 49.1 Å². The van der Waals surface area contributed by atoms with Gasteiger partial charge in [0.25, 0.3) is 0 Å². The standard InChI is InChI=1S/C20H26ClN3O3S2/c1-3-14-29(26,27)24-12-10-17(11-13-24)23(2)20(25)22-16-6-4-15(5-7-16)18-8-9-19(21)28-18/h4-9,17H,3,10-14H2,1-2H3,(H,22,25). The van der Waals surface area contributed by atoms with E-state index in [1.807, 2.05) is 43.3 Å². The number of hydrogen-bond acceptors (Lipinski definition) is 4. The van der Waals surface area contributed by atoms with Crippen LogP contribution in [0.3, 0.4) is 0 Å². The monoisotopic (exact) mass is 455 g/mol. The van der Waals surface area contributed by atoms with Crippen molar-refractivity contribution >= 4 is 44.7 Å². The summed E-state index contributed by atoms with van der Waals surface area (Å²) in [5.41, 5.74) is 1.77. The zero-order chi connectivity index (χ0) is 21.0. The minimum absolute atomic E-state index is 0.0237. The lowest BCUT2D eigenvalue weighted by molar-refractivity contribution is 0.174. The lowest BCUT2D eigenvalue weighted by Gasteiger charge is -2.36. The molecule has 1 saturated heterocycles. The Morgan fingerprint density at radius 3 is 2.41 bits per heavy atom. The highest BCUT2D eigenvalue weighted by Crippen LogP contribution is 2.31. The molecule has 6 nitrogen and oxygen atoms in total. The number of halogens is 1. The molecule has 0 saturated carbocycles. The topological polar surface area (TPSA) is 69.7 Å². The molecule has 29 heavy (non-hydrogen) atoms. The van der Waals surface area contributed by atoms with Gasteiger partial charge in [0, 0.05) is 36.7 Å². The Labute approximate surface area is 181 Å². The summed E-state index contributed by atoms with van der Waals surface area (Å²) in [7, 11) is -1.41. The Kier molecular flexibility index (Phi) is 7.21. The van der Waals surface area contributed by atoms with Crippen molar-refractivity contribution in [2.24, 2.45) is 0 Å². The van der Waals surface area contributed by atoms with Crippen molar-refractivity contribution in [2.75, 3.05) is 31.2 Å². The van der Waals surface area contributed by atoms with Crippen molar-refractivity contribution in [2.45, 2.75) is 32.2 Å². The number of piperidine rings is 1. The Morgan fingerprint density at radius 1 is 1.21 bits per heavy atom. The lowest BCUT2D eigenvalue weighted by Crippen LogP contribution is -2.48. The summed E-state index contributed by atoms with van der Waals surface area (Å²) in [5.74, 6) is 0.182. The first-order valence-electron chi connectivity index (χ1n) is 9.67. The van der Waals surface area contributed by atoms with Crippen LogP contribution < -0.4 is 5.32 Å². The average molecular weight is 456 g/mol. The predicted molar refractivity (Wildman–Crippen MR) is 120 cm³/mol. The zero-order valence-electron chi connectivity index (χ0n) is 16.6. The van der Waals surface area contributed by atoms with Gasteiger partial charge >= 0.3 is 6.03 Å². The number of benzene rings is 1. The van der Waals surface area contributed by atoms with E-state index in [0.717, 1.165) is 20.5 Å². The third-order valence-electron chi connectivity index (χ3n) is 5.14. The van der Waals surface area contributed by atoms with Crippen molar-refractivity contribution < 1.29 is 13.2 Å². The van der Waals surface area contributed by atoms with Gasteiger partial charge in [0.2, 0.25) is 10.0 Å². The van der Waals surface area contributed by atoms with Crippen LogP contribution in [-0.2, 0) is 10.0 Å². The van der Waals surface area contributed by atoms with Gasteiger partial charge in [-0.3, -0.25) is 0 Å². The number of nitrogens with one attached hydrogen (secondary N) is 1. The Balaban J connectivity index is 1.54. The molecule has 1 aromatic carbocycles. The number of anilines is 1. The highest BCUT2D eigenvalue weighted by molar-refractivity contribution is 7.89. The maximum absolute atomic E-state index is 12.6. The van der Waals surface area contributed by atoms with Crippen molar-refractivity contribution in [3.63, 3.8) is 0 Å². The van der Waals surface area contributed by atoms with Gasteiger partial charge in [0.15, 0.2) is 0 Å². The van der Waals surface area contributed by atoms with E-state index in [0.29, 0.717) is 32.4 Å². The fourth-order valence-electron chi connectivity index (χ4n) is 3.46. The molecule has 1 aliphatic heterocycles. The minimum atomic E-state index is -3.17. The molecule has 0 spiro atoms. The van der Waals surface area contributed by atoms with Crippen molar-refractivity contribution in [3.8, 4) is 10.4 Å². The molecule has 0 radical (unpaired) electrons. The van der Waals surface area contributed by atoms with Gasteiger partial charge in [-0.2, -0.15) is 0 Å². The molecule has 1 N–H and O–H groups in total. The molecule has 1 aromatic heterocycles. The smallest absolute Gasteiger partial charge is 0.321 e. The number of urea groups is 1. The second kappa shape index (κ2) is 9.47. The summed E-state index contributed by atoms with van der Waals surface area (Å²) >= 11 is 7.50. The number of nitrogens with zero attached hydrogens (tertiary/aromatic N) is 2. The molecule has 1 aliphatic rings. The highest BCUT2D eigenvalue weighted by atomic mass is 35.5. The molecular formula is C20H26ClN3O3S2. The highest BCUT2D eigenvalue weighted by Gasteiger charge is 2.30. The number of amides is 2. The summed E-state index contributed by atoms with van der Waals surface area (Å²) in [6.07, 6.45) is 1.90. The van der Waals surface area contributed by atoms with Crippen LogP contribution in [0.2, 0.25) is 4.34 Å². The molecule has 0 aliphatic carbocycles. The molecule has 9 heteroatoms. The largest absolute Gasteiger partial charge is 0.325 e. The molecule has 1 fully saturated rings. The average Bonchev–Trinajstić information content (AvgIpc) is 3.14. The van der Waals surface area contributed by atoms with Gasteiger partial charge in [-0.1, -0.05) is 30.7 Å². The number of hydrogen-bond donors (Lipinski definition) is 1. The van der Waals surface area contributed by atoms with Crippen LogP contribution in [0.25, 0.3) is 10.4 Å². The van der Waals surface area contributed by atoms with Crippen LogP contribution in [0.1, 0.15) is 26.2 Å². The quantitative estimate of drug-likeness (QED) is 0.684. The van der Waals surface area contributed by atoms with E-state index in [2.05, 4.69) is 5.32 Å². The molecule has 0 bridgehead atoms. The normalized spacial score (nSPS) is 16.0. The summed E-state index contributed by atoms with van der Waals surface area (Å²) < 4.78 is 26.7. The SMILES string of the molecule is CCCS(=O)(=O)N1CCC(N(C)C(=O)Nc2ccc(-c3ccc(Cl)s3)cc2)CC1. The van der Waals surface area contributed by atoms with Crippen LogP contribution in [0.5, 0.6) is 0 Å². The van der Waals surface area contributed by atoms with Gasteiger partial charge in [-0.15, -0.1) is 11.3 Å². The number of carbonyl (C=O) groups excluding carboxylic acids is 1. The van der Waals surface area contributed by atoms with Gasteiger partial charge in [0.1, 0.15) is 0 Å². The van der Waals surface area contributed by atoms with Crippen molar-refractivity contribution in [1.82, 2.24) is 9.21 Å². The fraction of sp³-hybridized carbons (Fsp3) is 0.450. The maximum Gasteiger partial charge on any atom is 0.321 e. The number of carbonyl (C=O) groups is 1. The van der Waals surface area contributed by atoms with Crippen LogP contribution in [0, 0.1) is 0 Å². The van der Waals surface area contributed by atoms with E-state index in [1.54, 1.807) is 16.3 Å². The first-order valence-corrected chi connectivity index (χ1v) is 12.5. The molecular weight excluding hydrogens is 430 g/mol. The fourth-order valence-corrected chi connectivity index (χ4v) is 6.05. The number of sulfonamides is 1. The summed E-state index contributed by atoms with van der Waals surface area (Å²) in [4.78, 5) is 15.4. The number of thiophene rings is 1. The number of rotatable bonds is 6. The molecule has 158 valence electrons. The van der Waals surface area contributed by atoms with E-state index in [1.165, 1.54) is 11.3 Å². The van der Waals surface area contributed by atoms with E-state index in [9.17, 15) is 13.2 Å². The first kappa shape index (κ1) is 22.1. The van der Waals surface area contributed by atoms with E-state index in [-0.39, 0.29) is 17.8 Å². The van der Waals surface area contributed by atoms with Crippen LogP contribution in [0.4, 0.5) is 10.5 Å². The summed E-state index contributed by atoms with van der Waals surface area (Å²) in [6, 6.07) is 11.3. The molecule has 2 amide bonds. The molecule has 0 atom stereocenters. The van der Waals surface area contributed by atoms with E-state index >= 15 is 0 Å². The zero-order valence-corrected chi connectivity index (χ0v) is 19.0. The molecule has 0 unspecified atom stereocenters. The van der Waals surface area contributed by atoms with Crippen LogP contribution in [-0.4, -0.2) is 55.6 Å². The summed E-state index contributed by atoms with van der Waals surface area (Å²) in [6.45, 7) is 2.79. The van der Waals surface area contributed by atoms with Crippen molar-refractivity contribution in [1.29, 1.82) is 0 Å². The summed E-state index contributed by atoms with van der Waals surface area (Å²) in [5, 5.41) is 2.92. The van der Waals surface area contributed by atoms with Gasteiger partial charge in [-0.25, -0.2) is 17.5 Å². The molecule has 2 aromatic rings. The third kappa shape index (κ3) is 5.51. The van der Waals surface area contributed by atoms with Gasteiger partial charge < -0.3 is 10.2 Å². The molecule has 2 heterocycles. The lowest BCUT2D eigenvalue weighted by atomic mass is 10.1. The Bertz CT molecular complexity index is 936. The minimum Gasteiger partial charge on any atom is -0.325 e. The molecule has 3 rings (SSSR count). The van der Waals surface area contributed by atoms with Gasteiger partial charge in [0.05, 0.1) is 10.1 Å². The van der Waals surface area contributed by atoms with E-state index in [4.69, 9.17) is 11.6 Å². The van der Waals surface area contributed by atoms with Crippen LogP contribution in [0.15, 0.2) is 36.4 Å². The Morgan fingerprint density at radius 2 is 1.86 bits per heavy atom. The van der Waals surface area contributed by atoms with E-state index < -0.39 is 10.0 Å². The van der Waals surface area contributed by atoms with Crippen LogP contribution >= 0.6 is 22.9 Å². The second-order valence-electron chi connectivity index (χ2n) is 7.17. The first-order chi connectivity index (χ1) is 13.8. The predicted octanol–water partition coefficient (Wildman–Crippen LogP) is 4.74.